The highest BCUT2D eigenvalue weighted by molar-refractivity contribution is 5.95. The third-order valence-electron chi connectivity index (χ3n) is 5.63. The second kappa shape index (κ2) is 9.58. The Hall–Kier alpha value is -3.82. The fourth-order valence-corrected chi connectivity index (χ4v) is 3.89. The molecule has 0 bridgehead atoms. The average molecular weight is 472 g/mol. The zero-order valence-electron chi connectivity index (χ0n) is 18.4. The van der Waals surface area contributed by atoms with Gasteiger partial charge in [-0.05, 0) is 36.2 Å². The summed E-state index contributed by atoms with van der Waals surface area (Å²) in [4.78, 5) is 26.9. The minimum atomic E-state index is -4.54. The van der Waals surface area contributed by atoms with Gasteiger partial charge in [0.05, 0.1) is 30.6 Å². The summed E-state index contributed by atoms with van der Waals surface area (Å²) >= 11 is 0. The van der Waals surface area contributed by atoms with Gasteiger partial charge in [0.2, 0.25) is 5.91 Å². The Labute approximate surface area is 194 Å². The number of para-hydroxylation sites is 1. The van der Waals surface area contributed by atoms with Gasteiger partial charge in [-0.1, -0.05) is 30.3 Å². The molecule has 1 saturated heterocycles. The Kier molecular flexibility index (Phi) is 6.58. The fraction of sp³-hybridized carbons (Fsp3) is 0.292. The molecule has 1 unspecified atom stereocenters. The number of alkyl halides is 3. The molecule has 2 aromatic carbocycles. The Bertz CT molecular complexity index is 1180. The molecular formula is C24H23F3N4O3. The molecule has 4 rings (SSSR count). The van der Waals surface area contributed by atoms with Gasteiger partial charge in [0.25, 0.3) is 5.91 Å². The summed E-state index contributed by atoms with van der Waals surface area (Å²) in [7, 11) is 1.40. The molecule has 7 nitrogen and oxygen atoms in total. The van der Waals surface area contributed by atoms with Crippen molar-refractivity contribution in [3.63, 3.8) is 0 Å². The normalized spacial score (nSPS) is 14.8. The van der Waals surface area contributed by atoms with Gasteiger partial charge in [0.15, 0.2) is 11.4 Å². The number of amides is 2. The van der Waals surface area contributed by atoms with Crippen molar-refractivity contribution in [2.24, 2.45) is 0 Å². The molecule has 34 heavy (non-hydrogen) atoms. The third kappa shape index (κ3) is 5.05. The maximum absolute atomic E-state index is 13.3. The lowest BCUT2D eigenvalue weighted by atomic mass is 10.0. The molecular weight excluding hydrogens is 449 g/mol. The van der Waals surface area contributed by atoms with Crippen LogP contribution in [0.1, 0.15) is 40.5 Å². The number of halogens is 3. The van der Waals surface area contributed by atoms with Crippen molar-refractivity contribution in [2.45, 2.75) is 25.1 Å². The number of nitrogens with one attached hydrogen (secondary N) is 1. The average Bonchev–Trinajstić information content (AvgIpc) is 3.45. The van der Waals surface area contributed by atoms with E-state index in [9.17, 15) is 22.8 Å². The Morgan fingerprint density at radius 2 is 1.94 bits per heavy atom. The van der Waals surface area contributed by atoms with Crippen LogP contribution < -0.4 is 10.1 Å². The lowest BCUT2D eigenvalue weighted by Crippen LogP contribution is -2.39. The number of benzene rings is 2. The Morgan fingerprint density at radius 1 is 1.18 bits per heavy atom. The number of methoxy groups -OCH3 is 1. The van der Waals surface area contributed by atoms with E-state index in [0.29, 0.717) is 25.1 Å². The Morgan fingerprint density at radius 3 is 2.59 bits per heavy atom. The van der Waals surface area contributed by atoms with Crippen molar-refractivity contribution in [3.05, 3.63) is 77.6 Å². The largest absolute Gasteiger partial charge is 0.493 e. The van der Waals surface area contributed by atoms with Gasteiger partial charge in [0.1, 0.15) is 0 Å². The van der Waals surface area contributed by atoms with E-state index in [1.54, 1.807) is 23.2 Å². The number of aromatic nitrogens is 2. The van der Waals surface area contributed by atoms with Crippen LogP contribution in [0.4, 0.5) is 13.2 Å². The number of carbonyl (C=O) groups is 2. The van der Waals surface area contributed by atoms with Crippen LogP contribution in [-0.4, -0.2) is 46.7 Å². The summed E-state index contributed by atoms with van der Waals surface area (Å²) in [5.74, 6) is -0.515. The van der Waals surface area contributed by atoms with Crippen molar-refractivity contribution >= 4 is 11.8 Å². The number of ether oxygens (including phenoxy) is 1. The van der Waals surface area contributed by atoms with Gasteiger partial charge in [0, 0.05) is 19.5 Å². The van der Waals surface area contributed by atoms with Crippen molar-refractivity contribution in [1.29, 1.82) is 0 Å². The molecule has 1 aliphatic rings. The summed E-state index contributed by atoms with van der Waals surface area (Å²) in [5, 5.41) is 7.08. The predicted octanol–water partition coefficient (Wildman–Crippen LogP) is 3.99. The molecule has 2 amide bonds. The molecule has 1 N–H and O–H groups in total. The van der Waals surface area contributed by atoms with Gasteiger partial charge in [-0.3, -0.25) is 9.59 Å². The maximum atomic E-state index is 13.3. The second-order valence-electron chi connectivity index (χ2n) is 7.92. The van der Waals surface area contributed by atoms with Crippen molar-refractivity contribution in [3.8, 4) is 11.4 Å². The van der Waals surface area contributed by atoms with Crippen LogP contribution in [0.5, 0.6) is 5.75 Å². The monoisotopic (exact) mass is 472 g/mol. The molecule has 0 aliphatic carbocycles. The summed E-state index contributed by atoms with van der Waals surface area (Å²) in [5.41, 5.74) is 0.0975. The summed E-state index contributed by atoms with van der Waals surface area (Å²) in [6.45, 7) is 0.531. The van der Waals surface area contributed by atoms with Crippen molar-refractivity contribution in [1.82, 2.24) is 20.0 Å². The van der Waals surface area contributed by atoms with Gasteiger partial charge in [-0.2, -0.15) is 18.3 Å². The zero-order valence-corrected chi connectivity index (χ0v) is 18.4. The number of rotatable bonds is 7. The highest BCUT2D eigenvalue weighted by Crippen LogP contribution is 2.31. The predicted molar refractivity (Wildman–Crippen MR) is 118 cm³/mol. The topological polar surface area (TPSA) is 76.5 Å². The molecule has 0 spiro atoms. The third-order valence-corrected chi connectivity index (χ3v) is 5.63. The van der Waals surface area contributed by atoms with E-state index in [1.165, 1.54) is 23.9 Å². The van der Waals surface area contributed by atoms with Gasteiger partial charge in [-0.15, -0.1) is 0 Å². The van der Waals surface area contributed by atoms with E-state index in [4.69, 9.17) is 4.74 Å². The van der Waals surface area contributed by atoms with E-state index >= 15 is 0 Å². The number of carbonyl (C=O) groups excluding carboxylic acids is 2. The van der Waals surface area contributed by atoms with Crippen LogP contribution in [0.2, 0.25) is 0 Å². The van der Waals surface area contributed by atoms with Crippen molar-refractivity contribution < 1.29 is 27.5 Å². The lowest BCUT2D eigenvalue weighted by Gasteiger charge is -2.25. The highest BCUT2D eigenvalue weighted by Gasteiger charge is 2.32. The zero-order chi connectivity index (χ0) is 24.3. The number of nitrogens with zero attached hydrogens (tertiary/aromatic N) is 3. The molecule has 1 fully saturated rings. The first-order valence-corrected chi connectivity index (χ1v) is 10.7. The quantitative estimate of drug-likeness (QED) is 0.564. The molecule has 1 aliphatic heterocycles. The summed E-state index contributed by atoms with van der Waals surface area (Å²) < 4.78 is 46.7. The van der Waals surface area contributed by atoms with E-state index in [0.717, 1.165) is 12.1 Å². The van der Waals surface area contributed by atoms with Crippen LogP contribution >= 0.6 is 0 Å². The highest BCUT2D eigenvalue weighted by atomic mass is 19.4. The molecule has 1 aromatic heterocycles. The fourth-order valence-electron chi connectivity index (χ4n) is 3.89. The van der Waals surface area contributed by atoms with Crippen LogP contribution in [-0.2, 0) is 11.0 Å². The van der Waals surface area contributed by atoms with E-state index in [1.807, 2.05) is 18.2 Å². The van der Waals surface area contributed by atoms with Gasteiger partial charge < -0.3 is 15.0 Å². The molecule has 1 atom stereocenters. The van der Waals surface area contributed by atoms with Crippen LogP contribution in [0.15, 0.2) is 60.8 Å². The van der Waals surface area contributed by atoms with E-state index in [2.05, 4.69) is 10.4 Å². The van der Waals surface area contributed by atoms with Crippen LogP contribution in [0, 0.1) is 0 Å². The molecule has 178 valence electrons. The van der Waals surface area contributed by atoms with Gasteiger partial charge >= 0.3 is 6.18 Å². The number of likely N-dealkylation sites (tertiary alicyclic amines) is 1. The van der Waals surface area contributed by atoms with E-state index < -0.39 is 23.7 Å². The van der Waals surface area contributed by atoms with Gasteiger partial charge in [-0.25, -0.2) is 4.68 Å². The van der Waals surface area contributed by atoms with Crippen LogP contribution in [0.3, 0.4) is 0 Å². The molecule has 10 heteroatoms. The summed E-state index contributed by atoms with van der Waals surface area (Å²) in [6.07, 6.45) is -1.95. The lowest BCUT2D eigenvalue weighted by molar-refractivity contribution is -0.137. The first-order chi connectivity index (χ1) is 16.3. The first-order valence-electron chi connectivity index (χ1n) is 10.7. The molecule has 2 heterocycles. The molecule has 0 saturated carbocycles. The minimum absolute atomic E-state index is 0.0175. The minimum Gasteiger partial charge on any atom is -0.493 e. The maximum Gasteiger partial charge on any atom is 0.416 e. The number of hydrogen-bond acceptors (Lipinski definition) is 4. The molecule has 3 aromatic rings. The van der Waals surface area contributed by atoms with E-state index in [-0.39, 0.29) is 29.5 Å². The standard InChI is InChI=1S/C24H23F3N4O3/c1-34-20-15-31(18-9-3-2-4-10-18)29-22(20)23(33)28-19(14-30-12-6-11-21(30)32)16-7-5-8-17(13-16)24(25,26)27/h2-5,7-10,13,15,19H,6,11-12,14H2,1H3,(H,28,33). The first kappa shape index (κ1) is 23.3. The SMILES string of the molecule is COc1cn(-c2ccccc2)nc1C(=O)NC(CN1CCCC1=O)c1cccc(C(F)(F)F)c1. The van der Waals surface area contributed by atoms with Crippen molar-refractivity contribution in [2.75, 3.05) is 20.2 Å². The smallest absolute Gasteiger partial charge is 0.416 e. The number of hydrogen-bond donors (Lipinski definition) is 1. The Balaban J connectivity index is 1.64. The molecule has 0 radical (unpaired) electrons. The van der Waals surface area contributed by atoms with Crippen LogP contribution in [0.25, 0.3) is 5.69 Å². The second-order valence-corrected chi connectivity index (χ2v) is 7.92. The summed E-state index contributed by atoms with van der Waals surface area (Å²) in [6, 6.07) is 13.0.